The number of thioether (sulfide) groups is 1. The molecule has 0 aliphatic carbocycles. The van der Waals surface area contributed by atoms with Crippen LogP contribution in [0.2, 0.25) is 0 Å². The molecular weight excluding hydrogens is 188 g/mol. The van der Waals surface area contributed by atoms with Gasteiger partial charge in [0.2, 0.25) is 0 Å². The smallest absolute Gasteiger partial charge is 0.0191 e. The van der Waals surface area contributed by atoms with Crippen molar-refractivity contribution in [2.45, 2.75) is 24.7 Å². The molecule has 0 radical (unpaired) electrons. The Hall–Kier alpha value is -0.950. The maximum atomic E-state index is 3.80. The van der Waals surface area contributed by atoms with Crippen LogP contribution in [0.1, 0.15) is 30.9 Å². The first-order valence-corrected chi connectivity index (χ1v) is 5.61. The van der Waals surface area contributed by atoms with E-state index in [1.807, 2.05) is 11.5 Å². The van der Waals surface area contributed by atoms with Gasteiger partial charge in [-0.2, -0.15) is 0 Å². The molecule has 1 aromatic carbocycles. The van der Waals surface area contributed by atoms with Crippen LogP contribution in [0.25, 0.3) is 6.08 Å². The summed E-state index contributed by atoms with van der Waals surface area (Å²) in [6.45, 7) is 11.9. The second kappa shape index (κ2) is 5.06. The molecule has 1 rings (SSSR count). The molecule has 1 heteroatoms. The summed E-state index contributed by atoms with van der Waals surface area (Å²) in [5, 5.41) is 1.85. The Balaban J connectivity index is 3.12. The van der Waals surface area contributed by atoms with E-state index >= 15 is 0 Å². The molecule has 0 atom stereocenters. The molecule has 0 heterocycles. The lowest BCUT2D eigenvalue weighted by atomic mass is 10.0. The average molecular weight is 204 g/mol. The van der Waals surface area contributed by atoms with Gasteiger partial charge in [-0.15, -0.1) is 0 Å². The zero-order valence-corrected chi connectivity index (χ0v) is 9.60. The third kappa shape index (κ3) is 2.52. The molecule has 1 aromatic rings. The van der Waals surface area contributed by atoms with Crippen molar-refractivity contribution in [3.8, 4) is 0 Å². The fourth-order valence-electron chi connectivity index (χ4n) is 1.27. The molecule has 0 fully saturated rings. The maximum Gasteiger partial charge on any atom is 0.0191 e. The first kappa shape index (κ1) is 11.1. The molecular formula is C13H16S. The van der Waals surface area contributed by atoms with Gasteiger partial charge in [0, 0.05) is 4.90 Å². The molecule has 14 heavy (non-hydrogen) atoms. The van der Waals surface area contributed by atoms with Crippen molar-refractivity contribution in [1.29, 1.82) is 0 Å². The summed E-state index contributed by atoms with van der Waals surface area (Å²) in [4.78, 5) is 1.24. The molecule has 0 unspecified atom stereocenters. The lowest BCUT2D eigenvalue weighted by molar-refractivity contribution is 0.862. The van der Waals surface area contributed by atoms with Gasteiger partial charge in [0.15, 0.2) is 0 Å². The van der Waals surface area contributed by atoms with Crippen LogP contribution >= 0.6 is 11.8 Å². The second-order valence-corrected chi connectivity index (χ2v) is 4.45. The molecule has 0 bridgehead atoms. The topological polar surface area (TPSA) is 0 Å². The van der Waals surface area contributed by atoms with Crippen LogP contribution in [0.5, 0.6) is 0 Å². The van der Waals surface area contributed by atoms with Gasteiger partial charge >= 0.3 is 0 Å². The van der Waals surface area contributed by atoms with Crippen LogP contribution in [-0.4, -0.2) is 0 Å². The molecule has 0 aromatic heterocycles. The van der Waals surface area contributed by atoms with E-state index in [1.165, 1.54) is 16.0 Å². The molecule has 0 spiro atoms. The number of hydrogen-bond acceptors (Lipinski definition) is 1. The summed E-state index contributed by atoms with van der Waals surface area (Å²) in [6, 6.07) is 6.50. The van der Waals surface area contributed by atoms with E-state index in [-0.39, 0.29) is 0 Å². The Morgan fingerprint density at radius 3 is 2.50 bits per heavy atom. The van der Waals surface area contributed by atoms with E-state index in [4.69, 9.17) is 0 Å². The molecule has 0 aliphatic heterocycles. The van der Waals surface area contributed by atoms with Crippen LogP contribution < -0.4 is 0 Å². The van der Waals surface area contributed by atoms with Crippen molar-refractivity contribution in [3.63, 3.8) is 0 Å². The van der Waals surface area contributed by atoms with Gasteiger partial charge in [0.1, 0.15) is 0 Å². The minimum Gasteiger partial charge on any atom is -0.0984 e. The molecule has 0 saturated carbocycles. The number of benzene rings is 1. The standard InChI is InChI=1S/C13H16S/c1-5-11-7-8-12(10(3)4)9-13(11)14-6-2/h5-10H,1-2H2,3-4H3. The Labute approximate surface area is 90.7 Å². The van der Waals surface area contributed by atoms with Gasteiger partial charge in [-0.25, -0.2) is 0 Å². The predicted molar refractivity (Wildman–Crippen MR) is 66.7 cm³/mol. The predicted octanol–water partition coefficient (Wildman–Crippen LogP) is 4.69. The first-order valence-electron chi connectivity index (χ1n) is 4.73. The van der Waals surface area contributed by atoms with Crippen molar-refractivity contribution in [3.05, 3.63) is 47.9 Å². The summed E-state index contributed by atoms with van der Waals surface area (Å²) in [6.07, 6.45) is 1.88. The molecule has 0 amide bonds. The summed E-state index contributed by atoms with van der Waals surface area (Å²) in [7, 11) is 0. The molecule has 0 nitrogen and oxygen atoms in total. The summed E-state index contributed by atoms with van der Waals surface area (Å²) in [5.74, 6) is 0.568. The van der Waals surface area contributed by atoms with Crippen LogP contribution in [0.4, 0.5) is 0 Å². The van der Waals surface area contributed by atoms with E-state index in [0.29, 0.717) is 5.92 Å². The lowest BCUT2D eigenvalue weighted by Crippen LogP contribution is -1.88. The number of rotatable bonds is 4. The summed E-state index contributed by atoms with van der Waals surface area (Å²) >= 11 is 1.65. The second-order valence-electron chi connectivity index (χ2n) is 3.44. The van der Waals surface area contributed by atoms with Gasteiger partial charge in [-0.3, -0.25) is 0 Å². The van der Waals surface area contributed by atoms with Crippen LogP contribution in [0.15, 0.2) is 41.7 Å². The van der Waals surface area contributed by atoms with E-state index in [9.17, 15) is 0 Å². The van der Waals surface area contributed by atoms with E-state index in [2.05, 4.69) is 45.2 Å². The maximum absolute atomic E-state index is 3.80. The fraction of sp³-hybridized carbons (Fsp3) is 0.231. The highest BCUT2D eigenvalue weighted by molar-refractivity contribution is 8.02. The highest BCUT2D eigenvalue weighted by atomic mass is 32.2. The summed E-state index contributed by atoms with van der Waals surface area (Å²) < 4.78 is 0. The largest absolute Gasteiger partial charge is 0.0984 e. The molecule has 0 N–H and O–H groups in total. The Morgan fingerprint density at radius 1 is 1.29 bits per heavy atom. The third-order valence-corrected chi connectivity index (χ3v) is 2.91. The summed E-state index contributed by atoms with van der Waals surface area (Å²) in [5.41, 5.74) is 2.54. The quantitative estimate of drug-likeness (QED) is 0.641. The van der Waals surface area contributed by atoms with Gasteiger partial charge < -0.3 is 0 Å². The number of hydrogen-bond donors (Lipinski definition) is 0. The van der Waals surface area contributed by atoms with Gasteiger partial charge in [0.25, 0.3) is 0 Å². The van der Waals surface area contributed by atoms with Crippen molar-refractivity contribution in [2.75, 3.05) is 0 Å². The molecule has 0 aliphatic rings. The minimum atomic E-state index is 0.568. The van der Waals surface area contributed by atoms with Gasteiger partial charge in [0.05, 0.1) is 0 Å². The normalized spacial score (nSPS) is 10.2. The first-order chi connectivity index (χ1) is 6.69. The van der Waals surface area contributed by atoms with Crippen molar-refractivity contribution < 1.29 is 0 Å². The van der Waals surface area contributed by atoms with E-state index in [1.54, 1.807) is 11.8 Å². The van der Waals surface area contributed by atoms with E-state index in [0.717, 1.165) is 0 Å². The Bertz CT molecular complexity index is 337. The van der Waals surface area contributed by atoms with Crippen molar-refractivity contribution in [1.82, 2.24) is 0 Å². The highest BCUT2D eigenvalue weighted by Crippen LogP contribution is 2.28. The highest BCUT2D eigenvalue weighted by Gasteiger charge is 2.03. The molecule has 0 saturated heterocycles. The van der Waals surface area contributed by atoms with Gasteiger partial charge in [-0.05, 0) is 28.5 Å². The van der Waals surface area contributed by atoms with Gasteiger partial charge in [-0.1, -0.05) is 57.0 Å². The molecule has 74 valence electrons. The lowest BCUT2D eigenvalue weighted by Gasteiger charge is -2.09. The van der Waals surface area contributed by atoms with Crippen LogP contribution in [0, 0.1) is 0 Å². The van der Waals surface area contributed by atoms with Crippen molar-refractivity contribution in [2.24, 2.45) is 0 Å². The minimum absolute atomic E-state index is 0.568. The van der Waals surface area contributed by atoms with E-state index < -0.39 is 0 Å². The van der Waals surface area contributed by atoms with Crippen LogP contribution in [-0.2, 0) is 0 Å². The fourth-order valence-corrected chi connectivity index (χ4v) is 1.94. The Morgan fingerprint density at radius 2 is 2.00 bits per heavy atom. The third-order valence-electron chi connectivity index (χ3n) is 2.13. The Kier molecular flexibility index (Phi) is 4.02. The zero-order chi connectivity index (χ0) is 10.6. The SMILES string of the molecule is C=CSc1cc(C(C)C)ccc1C=C. The monoisotopic (exact) mass is 204 g/mol. The van der Waals surface area contributed by atoms with Crippen LogP contribution in [0.3, 0.4) is 0 Å². The van der Waals surface area contributed by atoms with Crippen molar-refractivity contribution >= 4 is 17.8 Å². The average Bonchev–Trinajstić information content (AvgIpc) is 2.18. The zero-order valence-electron chi connectivity index (χ0n) is 8.79.